The number of aliphatic hydroxyl groups is 1. The molecule has 1 amide bonds. The van der Waals surface area contributed by atoms with E-state index in [1.54, 1.807) is 12.4 Å². The van der Waals surface area contributed by atoms with Gasteiger partial charge in [0.25, 0.3) is 0 Å². The second-order valence-corrected chi connectivity index (χ2v) is 8.82. The molecule has 0 saturated carbocycles. The molecular formula is C27H29N5O2. The molecule has 0 spiro atoms. The van der Waals surface area contributed by atoms with Gasteiger partial charge in [-0.1, -0.05) is 18.2 Å². The van der Waals surface area contributed by atoms with Gasteiger partial charge >= 0.3 is 0 Å². The van der Waals surface area contributed by atoms with E-state index < -0.39 is 6.04 Å². The van der Waals surface area contributed by atoms with Crippen LogP contribution in [0, 0.1) is 5.92 Å². The third kappa shape index (κ3) is 4.89. The molecule has 1 aliphatic rings. The van der Waals surface area contributed by atoms with Gasteiger partial charge in [-0.2, -0.15) is 0 Å². The number of likely N-dealkylation sites (tertiary alicyclic amines) is 1. The number of nitrogens with zero attached hydrogens (tertiary/aromatic N) is 2. The predicted octanol–water partition coefficient (Wildman–Crippen LogP) is 4.17. The number of H-pyrrole nitrogens is 1. The number of para-hydroxylation sites is 1. The quantitative estimate of drug-likeness (QED) is 0.320. The maximum absolute atomic E-state index is 13.5. The van der Waals surface area contributed by atoms with Gasteiger partial charge in [0.1, 0.15) is 6.04 Å². The van der Waals surface area contributed by atoms with Gasteiger partial charge in [-0.05, 0) is 54.4 Å². The van der Waals surface area contributed by atoms with Crippen LogP contribution in [0.5, 0.6) is 0 Å². The van der Waals surface area contributed by atoms with E-state index >= 15 is 0 Å². The summed E-state index contributed by atoms with van der Waals surface area (Å²) < 4.78 is 0. The largest absolute Gasteiger partial charge is 0.396 e. The maximum atomic E-state index is 13.5. The monoisotopic (exact) mass is 455 g/mol. The molecule has 1 aliphatic heterocycles. The van der Waals surface area contributed by atoms with Gasteiger partial charge in [-0.3, -0.25) is 9.78 Å². The zero-order valence-corrected chi connectivity index (χ0v) is 18.9. The second kappa shape index (κ2) is 9.97. The van der Waals surface area contributed by atoms with Crippen LogP contribution >= 0.6 is 0 Å². The molecule has 2 unspecified atom stereocenters. The number of aromatic amines is 1. The van der Waals surface area contributed by atoms with Crippen LogP contribution < -0.4 is 10.6 Å². The number of nitrogens with one attached hydrogen (secondary N) is 3. The van der Waals surface area contributed by atoms with Gasteiger partial charge < -0.3 is 25.6 Å². The summed E-state index contributed by atoms with van der Waals surface area (Å²) in [6.45, 7) is 1.41. The fraction of sp³-hybridized carbons (Fsp3) is 0.259. The molecule has 0 aliphatic carbocycles. The average Bonchev–Trinajstić information content (AvgIpc) is 3.52. The van der Waals surface area contributed by atoms with Gasteiger partial charge in [-0.15, -0.1) is 0 Å². The number of amides is 1. The Morgan fingerprint density at radius 2 is 1.79 bits per heavy atom. The minimum atomic E-state index is -0.407. The van der Waals surface area contributed by atoms with E-state index in [-0.39, 0.29) is 18.4 Å². The molecule has 7 heteroatoms. The molecule has 2 aromatic heterocycles. The standard InChI is InChI=1S/C27H29N5O2/c33-18-19-11-14-32(17-19)27(34)26(15-20-16-29-25-4-2-1-3-24(20)25)31-22-7-5-21(6-8-22)30-23-9-12-28-13-10-23/h1-10,12-13,16,19,26,29,31,33H,11,14-15,17-18H2,(H,28,30). The summed E-state index contributed by atoms with van der Waals surface area (Å²) in [6.07, 6.45) is 6.91. The van der Waals surface area contributed by atoms with Gasteiger partial charge in [0.05, 0.1) is 0 Å². The fourth-order valence-electron chi connectivity index (χ4n) is 4.58. The first-order valence-corrected chi connectivity index (χ1v) is 11.7. The molecule has 0 radical (unpaired) electrons. The van der Waals surface area contributed by atoms with E-state index in [1.807, 2.05) is 65.7 Å². The number of pyridine rings is 1. The third-order valence-electron chi connectivity index (χ3n) is 6.45. The molecule has 174 valence electrons. The Bertz CT molecular complexity index is 1240. The van der Waals surface area contributed by atoms with Crippen LogP contribution in [-0.4, -0.2) is 51.6 Å². The predicted molar refractivity (Wildman–Crippen MR) is 135 cm³/mol. The first kappa shape index (κ1) is 22.0. The molecule has 7 nitrogen and oxygen atoms in total. The number of fused-ring (bicyclic) bond motifs is 1. The molecule has 3 heterocycles. The molecule has 1 fully saturated rings. The van der Waals surface area contributed by atoms with Crippen LogP contribution in [0.4, 0.5) is 17.1 Å². The molecule has 2 aromatic carbocycles. The van der Waals surface area contributed by atoms with Crippen molar-refractivity contribution in [2.24, 2.45) is 5.92 Å². The Morgan fingerprint density at radius 1 is 1.06 bits per heavy atom. The Labute approximate surface area is 198 Å². The van der Waals surface area contributed by atoms with Crippen LogP contribution in [0.25, 0.3) is 10.9 Å². The number of aromatic nitrogens is 2. The van der Waals surface area contributed by atoms with Gasteiger partial charge in [0.2, 0.25) is 5.91 Å². The highest BCUT2D eigenvalue weighted by Gasteiger charge is 2.31. The summed E-state index contributed by atoms with van der Waals surface area (Å²) in [5.74, 6) is 0.233. The molecule has 34 heavy (non-hydrogen) atoms. The van der Waals surface area contributed by atoms with Crippen molar-refractivity contribution in [2.45, 2.75) is 18.9 Å². The van der Waals surface area contributed by atoms with Crippen molar-refractivity contribution in [3.63, 3.8) is 0 Å². The van der Waals surface area contributed by atoms with Crippen LogP contribution in [0.3, 0.4) is 0 Å². The summed E-state index contributed by atoms with van der Waals surface area (Å²) in [6, 6.07) is 19.5. The zero-order valence-electron chi connectivity index (χ0n) is 18.9. The lowest BCUT2D eigenvalue weighted by Crippen LogP contribution is -2.43. The molecule has 5 rings (SSSR count). The SMILES string of the molecule is O=C(C(Cc1c[nH]c2ccccc12)Nc1ccc(Nc2ccncc2)cc1)N1CCC(CO)C1. The summed E-state index contributed by atoms with van der Waals surface area (Å²) >= 11 is 0. The first-order valence-electron chi connectivity index (χ1n) is 11.7. The van der Waals surface area contributed by atoms with Crippen LogP contribution in [0.1, 0.15) is 12.0 Å². The first-order chi connectivity index (χ1) is 16.7. The van der Waals surface area contributed by atoms with E-state index in [9.17, 15) is 9.90 Å². The maximum Gasteiger partial charge on any atom is 0.245 e. The summed E-state index contributed by atoms with van der Waals surface area (Å²) in [5, 5.41) is 17.5. The minimum Gasteiger partial charge on any atom is -0.396 e. The van der Waals surface area contributed by atoms with E-state index in [1.165, 1.54) is 0 Å². The summed E-state index contributed by atoms with van der Waals surface area (Å²) in [7, 11) is 0. The van der Waals surface area contributed by atoms with E-state index in [0.717, 1.165) is 39.9 Å². The van der Waals surface area contributed by atoms with Crippen molar-refractivity contribution in [1.29, 1.82) is 0 Å². The lowest BCUT2D eigenvalue weighted by molar-refractivity contribution is -0.131. The fourth-order valence-corrected chi connectivity index (χ4v) is 4.58. The number of hydrogen-bond acceptors (Lipinski definition) is 5. The summed E-state index contributed by atoms with van der Waals surface area (Å²) in [4.78, 5) is 22.8. The number of hydrogen-bond donors (Lipinski definition) is 4. The third-order valence-corrected chi connectivity index (χ3v) is 6.45. The van der Waals surface area contributed by atoms with Crippen LogP contribution in [-0.2, 0) is 11.2 Å². The Balaban J connectivity index is 1.35. The smallest absolute Gasteiger partial charge is 0.245 e. The van der Waals surface area contributed by atoms with E-state index in [0.29, 0.717) is 19.5 Å². The number of anilines is 3. The second-order valence-electron chi connectivity index (χ2n) is 8.82. The van der Waals surface area contributed by atoms with Crippen molar-refractivity contribution in [1.82, 2.24) is 14.9 Å². The molecule has 4 N–H and O–H groups in total. The van der Waals surface area contributed by atoms with E-state index in [4.69, 9.17) is 0 Å². The lowest BCUT2D eigenvalue weighted by atomic mass is 10.0. The average molecular weight is 456 g/mol. The van der Waals surface area contributed by atoms with Crippen LogP contribution in [0.2, 0.25) is 0 Å². The zero-order chi connectivity index (χ0) is 23.3. The Hall–Kier alpha value is -3.84. The van der Waals surface area contributed by atoms with Gasteiger partial charge in [-0.25, -0.2) is 0 Å². The molecule has 1 saturated heterocycles. The number of carbonyl (C=O) groups excluding carboxylic acids is 1. The normalized spacial score (nSPS) is 16.5. The van der Waals surface area contributed by atoms with E-state index in [2.05, 4.69) is 26.7 Å². The van der Waals surface area contributed by atoms with Crippen LogP contribution in [0.15, 0.2) is 79.3 Å². The summed E-state index contributed by atoms with van der Waals surface area (Å²) in [5.41, 5.74) is 4.99. The van der Waals surface area contributed by atoms with Crippen molar-refractivity contribution >= 4 is 33.9 Å². The van der Waals surface area contributed by atoms with Crippen molar-refractivity contribution < 1.29 is 9.90 Å². The highest BCUT2D eigenvalue weighted by molar-refractivity contribution is 5.88. The van der Waals surface area contributed by atoms with Crippen molar-refractivity contribution in [2.75, 3.05) is 30.3 Å². The molecule has 2 atom stereocenters. The lowest BCUT2D eigenvalue weighted by Gasteiger charge is -2.25. The number of benzene rings is 2. The Kier molecular flexibility index (Phi) is 6.44. The number of rotatable bonds is 8. The highest BCUT2D eigenvalue weighted by Crippen LogP contribution is 2.24. The molecule has 0 bridgehead atoms. The van der Waals surface area contributed by atoms with Gasteiger partial charge in [0.15, 0.2) is 0 Å². The number of aliphatic hydroxyl groups excluding tert-OH is 1. The minimum absolute atomic E-state index is 0.0696. The molecule has 4 aromatic rings. The van der Waals surface area contributed by atoms with Crippen molar-refractivity contribution in [3.8, 4) is 0 Å². The Morgan fingerprint density at radius 3 is 2.56 bits per heavy atom. The van der Waals surface area contributed by atoms with Crippen molar-refractivity contribution in [3.05, 3.63) is 84.8 Å². The van der Waals surface area contributed by atoms with Gasteiger partial charge in [0, 0.05) is 78.6 Å². The topological polar surface area (TPSA) is 93.3 Å². The number of carbonyl (C=O) groups is 1. The molecular weight excluding hydrogens is 426 g/mol. The highest BCUT2D eigenvalue weighted by atomic mass is 16.3.